The van der Waals surface area contributed by atoms with Crippen LogP contribution in [0.1, 0.15) is 29.9 Å². The quantitative estimate of drug-likeness (QED) is 0.314. The molecule has 0 aliphatic carbocycles. The molecule has 0 aliphatic heterocycles. The Morgan fingerprint density at radius 3 is 2.17 bits per heavy atom. The smallest absolute Gasteiger partial charge is 0.416 e. The summed E-state index contributed by atoms with van der Waals surface area (Å²) in [5.41, 5.74) is 0.978. The molecule has 5 N–H and O–H groups in total. The maximum absolute atomic E-state index is 12.8. The number of rotatable bonds is 7. The van der Waals surface area contributed by atoms with E-state index in [1.807, 2.05) is 0 Å². The first-order valence-electron chi connectivity index (χ1n) is 10.5. The van der Waals surface area contributed by atoms with Crippen molar-refractivity contribution in [2.45, 2.75) is 26.1 Å². The Kier molecular flexibility index (Phi) is 7.48. The highest BCUT2D eigenvalue weighted by Crippen LogP contribution is 2.30. The van der Waals surface area contributed by atoms with E-state index in [2.05, 4.69) is 20.9 Å². The molecule has 35 heavy (non-hydrogen) atoms. The lowest BCUT2D eigenvalue weighted by Crippen LogP contribution is -2.44. The van der Waals surface area contributed by atoms with Crippen molar-refractivity contribution in [2.75, 3.05) is 10.6 Å². The van der Waals surface area contributed by atoms with Crippen LogP contribution in [0.4, 0.5) is 29.3 Å². The van der Waals surface area contributed by atoms with E-state index >= 15 is 0 Å². The van der Waals surface area contributed by atoms with Crippen LogP contribution >= 0.6 is 0 Å². The number of benzene rings is 2. The van der Waals surface area contributed by atoms with Crippen molar-refractivity contribution >= 4 is 29.3 Å². The van der Waals surface area contributed by atoms with Crippen LogP contribution in [0, 0.1) is 5.92 Å². The van der Waals surface area contributed by atoms with Gasteiger partial charge < -0.3 is 26.0 Å². The normalized spacial score (nSPS) is 12.2. The zero-order valence-corrected chi connectivity index (χ0v) is 18.7. The van der Waals surface area contributed by atoms with Crippen LogP contribution in [0.2, 0.25) is 0 Å². The van der Waals surface area contributed by atoms with E-state index in [0.717, 1.165) is 12.1 Å². The molecule has 3 amide bonds. The van der Waals surface area contributed by atoms with Gasteiger partial charge in [0.1, 0.15) is 11.7 Å². The van der Waals surface area contributed by atoms with E-state index in [1.54, 1.807) is 44.2 Å². The topological polar surface area (TPSA) is 123 Å². The van der Waals surface area contributed by atoms with Crippen molar-refractivity contribution in [1.82, 2.24) is 10.3 Å². The Bertz CT molecular complexity index is 1220. The molecular formula is C24H23F3N4O4. The van der Waals surface area contributed by atoms with Gasteiger partial charge in [-0.1, -0.05) is 32.0 Å². The van der Waals surface area contributed by atoms with Crippen LogP contribution in [-0.4, -0.2) is 34.0 Å². The number of carboxylic acid groups (broad SMARTS) is 1. The first kappa shape index (κ1) is 25.3. The lowest BCUT2D eigenvalue weighted by atomic mass is 10.0. The summed E-state index contributed by atoms with van der Waals surface area (Å²) in [7, 11) is 0. The Balaban J connectivity index is 1.62. The summed E-state index contributed by atoms with van der Waals surface area (Å²) in [6, 6.07) is 12.2. The van der Waals surface area contributed by atoms with Gasteiger partial charge in [0.05, 0.1) is 5.56 Å². The van der Waals surface area contributed by atoms with Gasteiger partial charge in [-0.05, 0) is 53.9 Å². The summed E-state index contributed by atoms with van der Waals surface area (Å²) >= 11 is 0. The molecule has 3 aromatic rings. The van der Waals surface area contributed by atoms with Gasteiger partial charge in [0.25, 0.3) is 5.91 Å². The number of nitrogens with one attached hydrogen (secondary N) is 4. The van der Waals surface area contributed by atoms with Gasteiger partial charge in [-0.25, -0.2) is 9.59 Å². The fraction of sp³-hybridized carbons (Fsp3) is 0.208. The fourth-order valence-electron chi connectivity index (χ4n) is 3.23. The molecule has 0 aliphatic rings. The Hall–Kier alpha value is -4.28. The molecular weight excluding hydrogens is 465 g/mol. The number of carbonyl (C=O) groups is 3. The number of carboxylic acids is 1. The lowest BCUT2D eigenvalue weighted by Gasteiger charge is -2.17. The van der Waals surface area contributed by atoms with Crippen LogP contribution < -0.4 is 16.0 Å². The van der Waals surface area contributed by atoms with Gasteiger partial charge in [0, 0.05) is 17.1 Å². The Morgan fingerprint density at radius 2 is 1.57 bits per heavy atom. The van der Waals surface area contributed by atoms with Crippen LogP contribution in [0.15, 0.2) is 60.7 Å². The maximum Gasteiger partial charge on any atom is 0.416 e. The molecule has 1 unspecified atom stereocenters. The van der Waals surface area contributed by atoms with Crippen molar-refractivity contribution in [3.8, 4) is 11.3 Å². The third-order valence-corrected chi connectivity index (χ3v) is 5.05. The summed E-state index contributed by atoms with van der Waals surface area (Å²) < 4.78 is 38.5. The minimum atomic E-state index is -4.52. The van der Waals surface area contributed by atoms with E-state index in [1.165, 1.54) is 18.2 Å². The molecule has 0 saturated carbocycles. The molecule has 0 spiro atoms. The summed E-state index contributed by atoms with van der Waals surface area (Å²) in [6.45, 7) is 3.38. The van der Waals surface area contributed by atoms with E-state index in [0.29, 0.717) is 16.9 Å². The molecule has 1 aromatic heterocycles. The second-order valence-electron chi connectivity index (χ2n) is 8.05. The van der Waals surface area contributed by atoms with E-state index in [4.69, 9.17) is 0 Å². The van der Waals surface area contributed by atoms with Crippen LogP contribution in [0.25, 0.3) is 11.3 Å². The van der Waals surface area contributed by atoms with Gasteiger partial charge in [-0.3, -0.25) is 4.79 Å². The molecule has 3 rings (SSSR count). The van der Waals surface area contributed by atoms with Gasteiger partial charge in [0.15, 0.2) is 0 Å². The minimum Gasteiger partial charge on any atom is -0.480 e. The number of halogens is 3. The number of aromatic nitrogens is 1. The molecule has 11 heteroatoms. The molecule has 1 heterocycles. The molecule has 0 saturated heterocycles. The number of hydrogen-bond donors (Lipinski definition) is 5. The van der Waals surface area contributed by atoms with Gasteiger partial charge in [-0.2, -0.15) is 13.2 Å². The van der Waals surface area contributed by atoms with Crippen molar-refractivity contribution in [3.05, 3.63) is 71.9 Å². The molecule has 0 bridgehead atoms. The Labute approximate surface area is 198 Å². The highest BCUT2D eigenvalue weighted by molar-refractivity contribution is 6.00. The molecule has 2 aromatic carbocycles. The second-order valence-corrected chi connectivity index (χ2v) is 8.05. The number of alkyl halides is 3. The van der Waals surface area contributed by atoms with Crippen molar-refractivity contribution in [1.29, 1.82) is 0 Å². The molecule has 8 nitrogen and oxygen atoms in total. The van der Waals surface area contributed by atoms with Crippen LogP contribution in [0.5, 0.6) is 0 Å². The number of hydrogen-bond acceptors (Lipinski definition) is 3. The molecule has 0 fully saturated rings. The number of anilines is 2. The number of aromatic amines is 1. The lowest BCUT2D eigenvalue weighted by molar-refractivity contribution is -0.140. The van der Waals surface area contributed by atoms with Crippen molar-refractivity contribution < 1.29 is 32.7 Å². The first-order chi connectivity index (χ1) is 16.4. The van der Waals surface area contributed by atoms with Crippen molar-refractivity contribution in [3.63, 3.8) is 0 Å². The number of urea groups is 1. The average Bonchev–Trinajstić information content (AvgIpc) is 3.27. The van der Waals surface area contributed by atoms with Crippen LogP contribution in [-0.2, 0) is 11.0 Å². The highest BCUT2D eigenvalue weighted by Gasteiger charge is 2.30. The molecule has 1 atom stereocenters. The molecule has 184 valence electrons. The average molecular weight is 488 g/mol. The predicted octanol–water partition coefficient (Wildman–Crippen LogP) is 5.18. The monoisotopic (exact) mass is 488 g/mol. The number of aliphatic carboxylic acids is 1. The summed E-state index contributed by atoms with van der Waals surface area (Å²) in [6.07, 6.45) is -4.52. The summed E-state index contributed by atoms with van der Waals surface area (Å²) in [4.78, 5) is 38.8. The third kappa shape index (κ3) is 6.62. The number of carbonyl (C=O) groups excluding carboxylic acids is 2. The van der Waals surface area contributed by atoms with Gasteiger partial charge in [0.2, 0.25) is 0 Å². The second kappa shape index (κ2) is 10.3. The van der Waals surface area contributed by atoms with E-state index in [-0.39, 0.29) is 17.3 Å². The number of amides is 3. The standard InChI is InChI=1S/C24H23F3N4O4/c1-13(2)20(22(33)34)31-21(32)19-11-10-18(30-19)14-6-8-16(9-7-14)28-23(35)29-17-5-3-4-15(12-17)24(25,26)27/h3-13,20,30H,1-2H3,(H,31,32)(H,33,34)(H2,28,29,35). The van der Waals surface area contributed by atoms with Crippen LogP contribution in [0.3, 0.4) is 0 Å². The number of H-pyrrole nitrogens is 1. The zero-order valence-electron chi connectivity index (χ0n) is 18.7. The summed E-state index contributed by atoms with van der Waals surface area (Å²) in [5, 5.41) is 16.6. The summed E-state index contributed by atoms with van der Waals surface area (Å²) in [5.74, 6) is -1.97. The largest absolute Gasteiger partial charge is 0.480 e. The zero-order chi connectivity index (χ0) is 25.8. The van der Waals surface area contributed by atoms with E-state index < -0.39 is 35.7 Å². The fourth-order valence-corrected chi connectivity index (χ4v) is 3.23. The van der Waals surface area contributed by atoms with E-state index in [9.17, 15) is 32.7 Å². The highest BCUT2D eigenvalue weighted by atomic mass is 19.4. The van der Waals surface area contributed by atoms with Gasteiger partial charge >= 0.3 is 18.2 Å². The Morgan fingerprint density at radius 1 is 0.914 bits per heavy atom. The molecule has 0 radical (unpaired) electrons. The van der Waals surface area contributed by atoms with Gasteiger partial charge in [-0.15, -0.1) is 0 Å². The minimum absolute atomic E-state index is 0.00580. The maximum atomic E-state index is 12.8. The van der Waals surface area contributed by atoms with Crippen molar-refractivity contribution in [2.24, 2.45) is 5.92 Å². The first-order valence-corrected chi connectivity index (χ1v) is 10.5. The SMILES string of the molecule is CC(C)C(NC(=O)c1ccc(-c2ccc(NC(=O)Nc3cccc(C(F)(F)F)c3)cc2)[nH]1)C(=O)O. The predicted molar refractivity (Wildman–Crippen MR) is 124 cm³/mol. The third-order valence-electron chi connectivity index (χ3n) is 5.05.